The van der Waals surface area contributed by atoms with Crippen LogP contribution in [0.5, 0.6) is 5.75 Å². The van der Waals surface area contributed by atoms with Crippen molar-refractivity contribution in [1.29, 1.82) is 0 Å². The largest absolute Gasteiger partial charge is 0.496 e. The highest BCUT2D eigenvalue weighted by molar-refractivity contribution is 8.00. The van der Waals surface area contributed by atoms with Gasteiger partial charge in [-0.2, -0.15) is 0 Å². The number of benzene rings is 1. The first-order valence-electron chi connectivity index (χ1n) is 11.6. The summed E-state index contributed by atoms with van der Waals surface area (Å²) < 4.78 is 7.58. The van der Waals surface area contributed by atoms with Crippen LogP contribution in [0.2, 0.25) is 0 Å². The number of methoxy groups -OCH3 is 1. The Labute approximate surface area is 188 Å². The van der Waals surface area contributed by atoms with Crippen molar-refractivity contribution >= 4 is 17.7 Å². The molecular weight excluding hydrogens is 408 g/mol. The molecule has 1 unspecified atom stereocenters. The van der Waals surface area contributed by atoms with Crippen LogP contribution in [0.15, 0.2) is 29.4 Å². The molecule has 0 radical (unpaired) electrons. The van der Waals surface area contributed by atoms with Gasteiger partial charge < -0.3 is 14.6 Å². The Morgan fingerprint density at radius 3 is 2.45 bits per heavy atom. The van der Waals surface area contributed by atoms with Crippen molar-refractivity contribution in [2.45, 2.75) is 74.9 Å². The lowest BCUT2D eigenvalue weighted by molar-refractivity contribution is -0.126. The maximum absolute atomic E-state index is 13.2. The van der Waals surface area contributed by atoms with Crippen LogP contribution in [-0.4, -0.2) is 38.6 Å². The average Bonchev–Trinajstić information content (AvgIpc) is 3.14. The van der Waals surface area contributed by atoms with Crippen LogP contribution in [0.4, 0.5) is 0 Å². The Morgan fingerprint density at radius 1 is 1.19 bits per heavy atom. The number of nitrogens with zero attached hydrogens (tertiary/aromatic N) is 3. The normalized spacial score (nSPS) is 29.7. The van der Waals surface area contributed by atoms with Crippen molar-refractivity contribution in [3.63, 3.8) is 0 Å². The number of aromatic nitrogens is 3. The maximum Gasteiger partial charge on any atom is 0.233 e. The van der Waals surface area contributed by atoms with Crippen molar-refractivity contribution in [2.24, 2.45) is 17.8 Å². The zero-order chi connectivity index (χ0) is 21.6. The minimum Gasteiger partial charge on any atom is -0.496 e. The highest BCUT2D eigenvalue weighted by Crippen LogP contribution is 2.55. The van der Waals surface area contributed by atoms with Crippen LogP contribution >= 0.6 is 11.8 Å². The molecule has 0 spiro atoms. The summed E-state index contributed by atoms with van der Waals surface area (Å²) in [6.45, 7) is 4.79. The van der Waals surface area contributed by atoms with Crippen molar-refractivity contribution in [2.75, 3.05) is 7.11 Å². The van der Waals surface area contributed by atoms with E-state index in [4.69, 9.17) is 4.74 Å². The molecule has 1 heterocycles. The number of ether oxygens (including phenoxy) is 1. The molecule has 31 heavy (non-hydrogen) atoms. The van der Waals surface area contributed by atoms with E-state index in [1.165, 1.54) is 50.3 Å². The van der Waals surface area contributed by atoms with Gasteiger partial charge in [0, 0.05) is 12.1 Å². The summed E-state index contributed by atoms with van der Waals surface area (Å²) in [4.78, 5) is 13.2. The van der Waals surface area contributed by atoms with E-state index < -0.39 is 0 Å². The molecule has 1 N–H and O–H groups in total. The lowest BCUT2D eigenvalue weighted by atomic mass is 9.53. The zero-order valence-electron chi connectivity index (χ0n) is 18.6. The van der Waals surface area contributed by atoms with Crippen molar-refractivity contribution in [1.82, 2.24) is 20.1 Å². The second kappa shape index (κ2) is 8.15. The molecule has 4 saturated carbocycles. The Balaban J connectivity index is 1.31. The Hall–Kier alpha value is -2.02. The van der Waals surface area contributed by atoms with Crippen LogP contribution in [-0.2, 0) is 11.3 Å². The smallest absolute Gasteiger partial charge is 0.233 e. The number of rotatable bonds is 7. The highest BCUT2D eigenvalue weighted by atomic mass is 32.2. The van der Waals surface area contributed by atoms with Gasteiger partial charge in [0.15, 0.2) is 11.0 Å². The number of carbonyl (C=O) groups excluding carboxylic acids is 1. The fraction of sp³-hybridized carbons (Fsp3) is 0.625. The molecular formula is C24H32N4O2S. The second-order valence-corrected chi connectivity index (χ2v) is 11.0. The molecule has 4 bridgehead atoms. The fourth-order valence-electron chi connectivity index (χ4n) is 6.53. The van der Waals surface area contributed by atoms with Crippen LogP contribution in [0.25, 0.3) is 11.4 Å². The first kappa shape index (κ1) is 20.9. The van der Waals surface area contributed by atoms with E-state index in [0.717, 1.165) is 46.6 Å². The quantitative estimate of drug-likeness (QED) is 0.640. The van der Waals surface area contributed by atoms with Gasteiger partial charge in [-0.25, -0.2) is 0 Å². The van der Waals surface area contributed by atoms with Gasteiger partial charge in [0.1, 0.15) is 5.75 Å². The van der Waals surface area contributed by atoms with Gasteiger partial charge in [-0.05, 0) is 82.3 Å². The molecule has 0 saturated heterocycles. The standard InChI is InChI=1S/C24H32N4O2S/c1-4-28-21(19-7-5-6-8-20(19)30-3)26-27-23(28)31-15(2)22(29)25-24-12-16-9-17(13-24)11-18(10-16)14-24/h5-8,15-18H,4,9-14H2,1-3H3,(H,25,29). The molecule has 4 fully saturated rings. The van der Waals surface area contributed by atoms with Gasteiger partial charge in [0.2, 0.25) is 5.91 Å². The molecule has 6 rings (SSSR count). The number of thioether (sulfide) groups is 1. The third kappa shape index (κ3) is 3.86. The van der Waals surface area contributed by atoms with Gasteiger partial charge in [-0.3, -0.25) is 4.79 Å². The minimum atomic E-state index is -0.215. The molecule has 4 aliphatic rings. The van der Waals surface area contributed by atoms with Crippen LogP contribution in [0, 0.1) is 17.8 Å². The van der Waals surface area contributed by atoms with Crippen LogP contribution in [0.1, 0.15) is 52.4 Å². The number of hydrogen-bond donors (Lipinski definition) is 1. The number of carbonyl (C=O) groups is 1. The Kier molecular flexibility index (Phi) is 5.49. The molecule has 0 aliphatic heterocycles. The summed E-state index contributed by atoms with van der Waals surface area (Å²) in [5.41, 5.74) is 0.957. The topological polar surface area (TPSA) is 69.0 Å². The van der Waals surface area contributed by atoms with E-state index in [-0.39, 0.29) is 16.7 Å². The SMILES string of the molecule is CCn1c(SC(C)C(=O)NC23CC4CC(CC(C4)C2)C3)nnc1-c1ccccc1OC. The van der Waals surface area contributed by atoms with Gasteiger partial charge in [-0.1, -0.05) is 23.9 Å². The van der Waals surface area contributed by atoms with Gasteiger partial charge in [-0.15, -0.1) is 10.2 Å². The highest BCUT2D eigenvalue weighted by Gasteiger charge is 2.51. The lowest BCUT2D eigenvalue weighted by Crippen LogP contribution is -2.60. The average molecular weight is 441 g/mol. The molecule has 1 aromatic carbocycles. The van der Waals surface area contributed by atoms with Crippen molar-refractivity contribution in [3.05, 3.63) is 24.3 Å². The monoisotopic (exact) mass is 440 g/mol. The van der Waals surface area contributed by atoms with E-state index in [2.05, 4.69) is 27.0 Å². The molecule has 1 aromatic heterocycles. The molecule has 166 valence electrons. The van der Waals surface area contributed by atoms with E-state index in [1.807, 2.05) is 31.2 Å². The molecule has 1 atom stereocenters. The lowest BCUT2D eigenvalue weighted by Gasteiger charge is -2.57. The third-order valence-corrected chi connectivity index (χ3v) is 8.54. The first-order valence-corrected chi connectivity index (χ1v) is 12.4. The first-order chi connectivity index (χ1) is 15.0. The summed E-state index contributed by atoms with van der Waals surface area (Å²) in [6, 6.07) is 7.84. The predicted octanol–water partition coefficient (Wildman–Crippen LogP) is 4.54. The molecule has 1 amide bonds. The van der Waals surface area contributed by atoms with Gasteiger partial charge in [0.25, 0.3) is 0 Å². The van der Waals surface area contributed by atoms with Crippen molar-refractivity contribution in [3.8, 4) is 17.1 Å². The number of hydrogen-bond acceptors (Lipinski definition) is 5. The van der Waals surface area contributed by atoms with Gasteiger partial charge in [0.05, 0.1) is 17.9 Å². The second-order valence-electron chi connectivity index (χ2n) is 9.70. The third-order valence-electron chi connectivity index (χ3n) is 7.46. The minimum absolute atomic E-state index is 0.0433. The number of para-hydroxylation sites is 1. The van der Waals surface area contributed by atoms with E-state index >= 15 is 0 Å². The molecule has 4 aliphatic carbocycles. The molecule has 6 nitrogen and oxygen atoms in total. The summed E-state index contributed by atoms with van der Waals surface area (Å²) in [7, 11) is 1.66. The fourth-order valence-corrected chi connectivity index (χ4v) is 7.44. The molecule has 2 aromatic rings. The summed E-state index contributed by atoms with van der Waals surface area (Å²) in [5, 5.41) is 12.9. The van der Waals surface area contributed by atoms with Crippen molar-refractivity contribution < 1.29 is 9.53 Å². The summed E-state index contributed by atoms with van der Waals surface area (Å²) >= 11 is 1.50. The van der Waals surface area contributed by atoms with E-state index in [0.29, 0.717) is 0 Å². The number of nitrogens with one attached hydrogen (secondary N) is 1. The maximum atomic E-state index is 13.2. The Bertz CT molecular complexity index is 937. The van der Waals surface area contributed by atoms with Gasteiger partial charge >= 0.3 is 0 Å². The van der Waals surface area contributed by atoms with Crippen LogP contribution < -0.4 is 10.1 Å². The number of amides is 1. The van der Waals surface area contributed by atoms with E-state index in [1.54, 1.807) is 7.11 Å². The molecule has 7 heteroatoms. The Morgan fingerprint density at radius 2 is 1.84 bits per heavy atom. The van der Waals surface area contributed by atoms with E-state index in [9.17, 15) is 4.79 Å². The summed E-state index contributed by atoms with van der Waals surface area (Å²) in [5.74, 6) is 4.14. The summed E-state index contributed by atoms with van der Waals surface area (Å²) in [6.07, 6.45) is 7.65. The van der Waals surface area contributed by atoms with Crippen LogP contribution in [0.3, 0.4) is 0 Å². The zero-order valence-corrected chi connectivity index (χ0v) is 19.5. The predicted molar refractivity (Wildman–Crippen MR) is 122 cm³/mol.